The molecule has 2 aliphatic rings. The van der Waals surface area contributed by atoms with Gasteiger partial charge in [0.1, 0.15) is 11.9 Å². The molecule has 37 heavy (non-hydrogen) atoms. The molecule has 1 aromatic carbocycles. The Labute approximate surface area is 214 Å². The van der Waals surface area contributed by atoms with Crippen LogP contribution in [0.15, 0.2) is 43.0 Å². The number of carbonyl (C=O) groups excluding carboxylic acids is 3. The van der Waals surface area contributed by atoms with Crippen LogP contribution in [0.25, 0.3) is 27.7 Å². The van der Waals surface area contributed by atoms with Gasteiger partial charge < -0.3 is 9.30 Å². The number of nitrogens with zero attached hydrogens (tertiary/aromatic N) is 5. The third-order valence-electron chi connectivity index (χ3n) is 7.55. The quantitative estimate of drug-likeness (QED) is 0.311. The zero-order valence-electron chi connectivity index (χ0n) is 21.8. The SMILES string of the molecule is Cn1ccc2cc(C(=O)OC(C)(C)C)cc(-c3ncnn4cc(CN5C(=O)C6C(C5=O)C6(C)C)cc34)c21. The highest BCUT2D eigenvalue weighted by Gasteiger charge is 2.72. The van der Waals surface area contributed by atoms with Crippen molar-refractivity contribution in [1.82, 2.24) is 24.1 Å². The van der Waals surface area contributed by atoms with Gasteiger partial charge in [-0.1, -0.05) is 13.8 Å². The molecule has 2 unspecified atom stereocenters. The summed E-state index contributed by atoms with van der Waals surface area (Å²) in [4.78, 5) is 44.6. The number of ether oxygens (including phenoxy) is 1. The average Bonchev–Trinajstić information content (AvgIpc) is 3.15. The molecule has 0 N–H and O–H groups in total. The third-order valence-corrected chi connectivity index (χ3v) is 7.55. The van der Waals surface area contributed by atoms with E-state index in [4.69, 9.17) is 4.74 Å². The van der Waals surface area contributed by atoms with E-state index in [-0.39, 0.29) is 35.6 Å². The number of benzene rings is 1. The Morgan fingerprint density at radius 2 is 1.81 bits per heavy atom. The lowest BCUT2D eigenvalue weighted by molar-refractivity contribution is -0.143. The molecular formula is C28H29N5O4. The van der Waals surface area contributed by atoms with E-state index in [0.29, 0.717) is 16.8 Å². The summed E-state index contributed by atoms with van der Waals surface area (Å²) in [6.45, 7) is 9.65. The average molecular weight is 500 g/mol. The maximum atomic E-state index is 13.0. The second kappa shape index (κ2) is 7.50. The topological polar surface area (TPSA) is 98.8 Å². The number of likely N-dealkylation sites (tertiary alicyclic amines) is 1. The molecule has 0 bridgehead atoms. The first-order valence-corrected chi connectivity index (χ1v) is 12.4. The van der Waals surface area contributed by atoms with Crippen LogP contribution in [0.2, 0.25) is 0 Å². The van der Waals surface area contributed by atoms with Gasteiger partial charge in [-0.25, -0.2) is 14.3 Å². The van der Waals surface area contributed by atoms with Crippen LogP contribution < -0.4 is 0 Å². The van der Waals surface area contributed by atoms with Crippen LogP contribution in [0.4, 0.5) is 0 Å². The summed E-state index contributed by atoms with van der Waals surface area (Å²) in [6.07, 6.45) is 5.22. The zero-order chi connectivity index (χ0) is 26.4. The summed E-state index contributed by atoms with van der Waals surface area (Å²) in [6, 6.07) is 7.48. The number of hydrogen-bond acceptors (Lipinski definition) is 6. The number of rotatable bonds is 4. The predicted octanol–water partition coefficient (Wildman–Crippen LogP) is 3.98. The van der Waals surface area contributed by atoms with E-state index < -0.39 is 11.6 Å². The molecule has 4 aromatic rings. The Bertz CT molecular complexity index is 1610. The van der Waals surface area contributed by atoms with Gasteiger partial charge in [-0.05, 0) is 56.0 Å². The molecule has 6 rings (SSSR count). The van der Waals surface area contributed by atoms with Gasteiger partial charge in [-0.3, -0.25) is 14.5 Å². The highest BCUT2D eigenvalue weighted by Crippen LogP contribution is 2.63. The lowest BCUT2D eigenvalue weighted by atomic mass is 10.0. The lowest BCUT2D eigenvalue weighted by Crippen LogP contribution is -2.35. The van der Waals surface area contributed by atoms with Crippen molar-refractivity contribution in [1.29, 1.82) is 0 Å². The molecule has 1 saturated heterocycles. The molecule has 1 saturated carbocycles. The molecule has 0 radical (unpaired) electrons. The maximum absolute atomic E-state index is 13.0. The molecule has 1 aliphatic heterocycles. The molecule has 3 aromatic heterocycles. The summed E-state index contributed by atoms with van der Waals surface area (Å²) in [5.41, 5.74) is 3.39. The number of aromatic nitrogens is 4. The highest BCUT2D eigenvalue weighted by atomic mass is 16.6. The Kier molecular flexibility index (Phi) is 4.74. The number of aryl methyl sites for hydroxylation is 1. The van der Waals surface area contributed by atoms with Crippen molar-refractivity contribution < 1.29 is 19.1 Å². The monoisotopic (exact) mass is 499 g/mol. The Morgan fingerprint density at radius 1 is 1.11 bits per heavy atom. The Balaban J connectivity index is 1.42. The van der Waals surface area contributed by atoms with Crippen LogP contribution in [0, 0.1) is 17.3 Å². The number of imide groups is 1. The van der Waals surface area contributed by atoms with Gasteiger partial charge >= 0.3 is 5.97 Å². The van der Waals surface area contributed by atoms with E-state index in [9.17, 15) is 14.4 Å². The molecule has 9 nitrogen and oxygen atoms in total. The molecule has 2 fully saturated rings. The molecule has 1 aliphatic carbocycles. The zero-order valence-corrected chi connectivity index (χ0v) is 21.8. The molecular weight excluding hydrogens is 470 g/mol. The fourth-order valence-corrected chi connectivity index (χ4v) is 5.70. The fraction of sp³-hybridized carbons (Fsp3) is 0.393. The Morgan fingerprint density at radius 3 is 2.49 bits per heavy atom. The molecule has 4 heterocycles. The molecule has 190 valence electrons. The van der Waals surface area contributed by atoms with Crippen LogP contribution in [-0.4, -0.2) is 47.4 Å². The van der Waals surface area contributed by atoms with E-state index in [1.54, 1.807) is 10.6 Å². The van der Waals surface area contributed by atoms with Crippen molar-refractivity contribution in [3.63, 3.8) is 0 Å². The van der Waals surface area contributed by atoms with Crippen LogP contribution in [0.3, 0.4) is 0 Å². The van der Waals surface area contributed by atoms with Crippen LogP contribution >= 0.6 is 0 Å². The minimum absolute atomic E-state index is 0.0999. The van der Waals surface area contributed by atoms with Gasteiger partial charge in [-0.2, -0.15) is 5.10 Å². The first kappa shape index (κ1) is 23.4. The standard InChI is InChI=1S/C28H29N5O4/c1-27(2,3)37-26(36)17-10-16-7-8-31(6)23(16)18(11-17)22-19-9-15(13-33(19)30-14-29-22)12-32-24(34)20-21(25(32)35)28(20,4)5/h7-11,13-14,20-21H,12H2,1-6H3. The second-order valence-corrected chi connectivity index (χ2v) is 11.7. The maximum Gasteiger partial charge on any atom is 0.338 e. The Hall–Kier alpha value is -4.01. The third kappa shape index (κ3) is 3.55. The van der Waals surface area contributed by atoms with Crippen molar-refractivity contribution >= 4 is 34.2 Å². The van der Waals surface area contributed by atoms with Gasteiger partial charge in [0.05, 0.1) is 40.7 Å². The van der Waals surface area contributed by atoms with Gasteiger partial charge in [0.25, 0.3) is 0 Å². The molecule has 0 spiro atoms. The van der Waals surface area contributed by atoms with E-state index >= 15 is 0 Å². The van der Waals surface area contributed by atoms with Gasteiger partial charge in [0.15, 0.2) is 0 Å². The molecule has 9 heteroatoms. The molecule has 2 amide bonds. The molecule has 2 atom stereocenters. The second-order valence-electron chi connectivity index (χ2n) is 11.7. The van der Waals surface area contributed by atoms with E-state index in [1.165, 1.54) is 11.2 Å². The van der Waals surface area contributed by atoms with E-state index in [0.717, 1.165) is 22.0 Å². The van der Waals surface area contributed by atoms with Crippen molar-refractivity contribution in [2.24, 2.45) is 24.3 Å². The number of amides is 2. The van der Waals surface area contributed by atoms with Crippen LogP contribution in [0.5, 0.6) is 0 Å². The summed E-state index contributed by atoms with van der Waals surface area (Å²) >= 11 is 0. The van der Waals surface area contributed by atoms with Crippen molar-refractivity contribution in [3.05, 3.63) is 54.1 Å². The van der Waals surface area contributed by atoms with E-state index in [2.05, 4.69) is 10.1 Å². The van der Waals surface area contributed by atoms with Crippen molar-refractivity contribution in [2.45, 2.75) is 46.8 Å². The fourth-order valence-electron chi connectivity index (χ4n) is 5.70. The predicted molar refractivity (Wildman–Crippen MR) is 136 cm³/mol. The first-order chi connectivity index (χ1) is 17.4. The lowest BCUT2D eigenvalue weighted by Gasteiger charge is -2.20. The minimum Gasteiger partial charge on any atom is -0.456 e. The number of carbonyl (C=O) groups is 3. The van der Waals surface area contributed by atoms with E-state index in [1.807, 2.05) is 76.8 Å². The summed E-state index contributed by atoms with van der Waals surface area (Å²) in [7, 11) is 1.94. The van der Waals surface area contributed by atoms with Crippen molar-refractivity contribution in [2.75, 3.05) is 0 Å². The summed E-state index contributed by atoms with van der Waals surface area (Å²) < 4.78 is 9.31. The van der Waals surface area contributed by atoms with Gasteiger partial charge in [-0.15, -0.1) is 0 Å². The van der Waals surface area contributed by atoms with Gasteiger partial charge in [0.2, 0.25) is 11.8 Å². The number of fused-ring (bicyclic) bond motifs is 3. The summed E-state index contributed by atoms with van der Waals surface area (Å²) in [5, 5.41) is 5.25. The summed E-state index contributed by atoms with van der Waals surface area (Å²) in [5.74, 6) is -1.04. The largest absolute Gasteiger partial charge is 0.456 e. The normalized spacial score (nSPS) is 20.6. The number of piperidine rings is 1. The smallest absolute Gasteiger partial charge is 0.338 e. The number of hydrogen-bond donors (Lipinski definition) is 0. The number of esters is 1. The highest BCUT2D eigenvalue weighted by molar-refractivity contribution is 6.10. The van der Waals surface area contributed by atoms with Crippen molar-refractivity contribution in [3.8, 4) is 11.3 Å². The first-order valence-electron chi connectivity index (χ1n) is 12.4. The van der Waals surface area contributed by atoms with Crippen LogP contribution in [-0.2, 0) is 27.9 Å². The minimum atomic E-state index is -0.623. The van der Waals surface area contributed by atoms with Gasteiger partial charge in [0, 0.05) is 30.4 Å². The van der Waals surface area contributed by atoms with Crippen LogP contribution in [0.1, 0.15) is 50.5 Å².